The lowest BCUT2D eigenvalue weighted by molar-refractivity contribution is 0.353. The summed E-state index contributed by atoms with van der Waals surface area (Å²) in [6.45, 7) is 7.67. The second-order valence-electron chi connectivity index (χ2n) is 5.49. The van der Waals surface area contributed by atoms with E-state index in [1.165, 1.54) is 0 Å². The maximum absolute atomic E-state index is 6.06. The summed E-state index contributed by atoms with van der Waals surface area (Å²) in [7, 11) is 0. The molecule has 92 valence electrons. The van der Waals surface area contributed by atoms with Crippen molar-refractivity contribution in [2.24, 2.45) is 5.41 Å². The van der Waals surface area contributed by atoms with Crippen molar-refractivity contribution in [3.63, 3.8) is 0 Å². The monoisotopic (exact) mass is 270 g/mol. The van der Waals surface area contributed by atoms with Crippen molar-refractivity contribution in [3.05, 3.63) is 28.6 Å². The van der Waals surface area contributed by atoms with Crippen LogP contribution in [-0.4, -0.2) is 9.55 Å². The van der Waals surface area contributed by atoms with Crippen LogP contribution in [0.2, 0.25) is 10.3 Å². The average molecular weight is 271 g/mol. The van der Waals surface area contributed by atoms with Crippen LogP contribution < -0.4 is 0 Å². The van der Waals surface area contributed by atoms with Crippen LogP contribution in [0.5, 0.6) is 0 Å². The van der Waals surface area contributed by atoms with Crippen molar-refractivity contribution < 1.29 is 0 Å². The minimum Gasteiger partial charge on any atom is -0.347 e. The van der Waals surface area contributed by atoms with Crippen LogP contribution >= 0.6 is 23.2 Å². The zero-order valence-corrected chi connectivity index (χ0v) is 11.8. The summed E-state index contributed by atoms with van der Waals surface area (Å²) in [5.74, 6) is 0. The Hall–Kier alpha value is -0.730. The first kappa shape index (κ1) is 12.7. The zero-order chi connectivity index (χ0) is 12.6. The molecule has 0 atom stereocenters. The first-order valence-corrected chi connectivity index (χ1v) is 6.43. The molecule has 2 heterocycles. The van der Waals surface area contributed by atoms with Crippen molar-refractivity contribution in [1.29, 1.82) is 0 Å². The fourth-order valence-corrected chi connectivity index (χ4v) is 2.25. The molecule has 17 heavy (non-hydrogen) atoms. The summed E-state index contributed by atoms with van der Waals surface area (Å²) in [5.41, 5.74) is 1.37. The van der Waals surface area contributed by atoms with E-state index in [2.05, 4.69) is 30.3 Å². The Morgan fingerprint density at radius 2 is 2.00 bits per heavy atom. The Balaban J connectivity index is 2.36. The summed E-state index contributed by atoms with van der Waals surface area (Å²) in [6.07, 6.45) is 3.15. The number of nitrogens with zero attached hydrogens (tertiary/aromatic N) is 2. The molecule has 4 heteroatoms. The van der Waals surface area contributed by atoms with E-state index in [1.807, 2.05) is 18.3 Å². The molecule has 2 aromatic rings. The van der Waals surface area contributed by atoms with Crippen LogP contribution in [0.25, 0.3) is 10.9 Å². The van der Waals surface area contributed by atoms with Crippen LogP contribution in [0.15, 0.2) is 18.3 Å². The molecule has 0 spiro atoms. The lowest BCUT2D eigenvalue weighted by atomic mass is 9.92. The van der Waals surface area contributed by atoms with Crippen LogP contribution in [0.4, 0.5) is 0 Å². The molecule has 0 aliphatic rings. The summed E-state index contributed by atoms with van der Waals surface area (Å²) >= 11 is 12.0. The topological polar surface area (TPSA) is 17.8 Å². The number of fused-ring (bicyclic) bond motifs is 1. The molecule has 0 aromatic carbocycles. The van der Waals surface area contributed by atoms with E-state index in [4.69, 9.17) is 23.2 Å². The zero-order valence-electron chi connectivity index (χ0n) is 10.3. The lowest BCUT2D eigenvalue weighted by Crippen LogP contribution is -2.09. The van der Waals surface area contributed by atoms with Gasteiger partial charge >= 0.3 is 0 Å². The van der Waals surface area contributed by atoms with Crippen LogP contribution in [0.1, 0.15) is 27.2 Å². The van der Waals surface area contributed by atoms with Crippen LogP contribution in [-0.2, 0) is 6.54 Å². The molecule has 2 nitrogen and oxygen atoms in total. The third-order valence-corrected chi connectivity index (χ3v) is 3.27. The van der Waals surface area contributed by atoms with E-state index in [0.717, 1.165) is 23.9 Å². The minimum absolute atomic E-state index is 0.317. The number of pyridine rings is 1. The van der Waals surface area contributed by atoms with Crippen molar-refractivity contribution in [2.75, 3.05) is 0 Å². The highest BCUT2D eigenvalue weighted by molar-refractivity contribution is 6.36. The predicted molar refractivity (Wildman–Crippen MR) is 73.8 cm³/mol. The standard InChI is InChI=1S/C13H16Cl2N2/c1-13(2,3)5-7-17-6-4-9-10(17)8-11(14)16-12(9)15/h4,6,8H,5,7H2,1-3H3. The van der Waals surface area contributed by atoms with Crippen molar-refractivity contribution in [3.8, 4) is 0 Å². The fourth-order valence-electron chi connectivity index (χ4n) is 1.77. The molecule has 0 saturated heterocycles. The Morgan fingerprint density at radius 1 is 1.29 bits per heavy atom. The van der Waals surface area contributed by atoms with Gasteiger partial charge < -0.3 is 4.57 Å². The molecule has 0 radical (unpaired) electrons. The van der Waals surface area contributed by atoms with E-state index >= 15 is 0 Å². The Morgan fingerprint density at radius 3 is 2.65 bits per heavy atom. The van der Waals surface area contributed by atoms with E-state index in [-0.39, 0.29) is 0 Å². The lowest BCUT2D eigenvalue weighted by Gasteiger charge is -2.18. The Kier molecular flexibility index (Phi) is 3.37. The van der Waals surface area contributed by atoms with Gasteiger partial charge in [-0.2, -0.15) is 0 Å². The second-order valence-corrected chi connectivity index (χ2v) is 6.23. The smallest absolute Gasteiger partial charge is 0.140 e. The summed E-state index contributed by atoms with van der Waals surface area (Å²) in [4.78, 5) is 4.04. The number of hydrogen-bond acceptors (Lipinski definition) is 1. The van der Waals surface area contributed by atoms with E-state index in [9.17, 15) is 0 Å². The number of aryl methyl sites for hydroxylation is 1. The summed E-state index contributed by atoms with van der Waals surface area (Å²) in [5, 5.41) is 1.88. The summed E-state index contributed by atoms with van der Waals surface area (Å²) < 4.78 is 2.18. The molecule has 0 amide bonds. The van der Waals surface area contributed by atoms with Gasteiger partial charge in [0, 0.05) is 18.1 Å². The highest BCUT2D eigenvalue weighted by Gasteiger charge is 2.12. The maximum atomic E-state index is 6.06. The molecule has 0 fully saturated rings. The molecule has 0 N–H and O–H groups in total. The third-order valence-electron chi connectivity index (χ3n) is 2.79. The van der Waals surface area contributed by atoms with E-state index in [1.54, 1.807) is 0 Å². The molecule has 2 aromatic heterocycles. The first-order valence-electron chi connectivity index (χ1n) is 5.68. The van der Waals surface area contributed by atoms with Crippen LogP contribution in [0, 0.1) is 5.41 Å². The van der Waals surface area contributed by atoms with E-state index in [0.29, 0.717) is 15.7 Å². The van der Waals surface area contributed by atoms with E-state index < -0.39 is 0 Å². The van der Waals surface area contributed by atoms with Gasteiger partial charge in [0.15, 0.2) is 0 Å². The normalized spacial score (nSPS) is 12.3. The molecular weight excluding hydrogens is 255 g/mol. The Bertz CT molecular complexity index is 538. The van der Waals surface area contributed by atoms with Gasteiger partial charge in [0.25, 0.3) is 0 Å². The SMILES string of the molecule is CC(C)(C)CCn1ccc2c(Cl)nc(Cl)cc21. The van der Waals surface area contributed by atoms with Gasteiger partial charge in [-0.15, -0.1) is 0 Å². The average Bonchev–Trinajstić information content (AvgIpc) is 2.57. The Labute approximate surface area is 112 Å². The second kappa shape index (κ2) is 4.51. The highest BCUT2D eigenvalue weighted by atomic mass is 35.5. The molecule has 0 aliphatic carbocycles. The van der Waals surface area contributed by atoms with Gasteiger partial charge in [-0.1, -0.05) is 44.0 Å². The van der Waals surface area contributed by atoms with Gasteiger partial charge in [0.1, 0.15) is 10.3 Å². The first-order chi connectivity index (χ1) is 7.87. The van der Waals surface area contributed by atoms with Crippen molar-refractivity contribution in [1.82, 2.24) is 9.55 Å². The number of aromatic nitrogens is 2. The largest absolute Gasteiger partial charge is 0.347 e. The van der Waals surface area contributed by atoms with Crippen LogP contribution in [0.3, 0.4) is 0 Å². The van der Waals surface area contributed by atoms with Gasteiger partial charge in [-0.25, -0.2) is 4.98 Å². The number of hydrogen-bond donors (Lipinski definition) is 0. The summed E-state index contributed by atoms with van der Waals surface area (Å²) in [6, 6.07) is 3.86. The molecule has 0 bridgehead atoms. The highest BCUT2D eigenvalue weighted by Crippen LogP contribution is 2.27. The molecule has 2 rings (SSSR count). The van der Waals surface area contributed by atoms with Gasteiger partial charge in [0.05, 0.1) is 5.52 Å². The van der Waals surface area contributed by atoms with Gasteiger partial charge in [-0.3, -0.25) is 0 Å². The quantitative estimate of drug-likeness (QED) is 0.719. The number of rotatable bonds is 2. The van der Waals surface area contributed by atoms with Gasteiger partial charge in [-0.05, 0) is 24.0 Å². The minimum atomic E-state index is 0.317. The predicted octanol–water partition coefficient (Wildman–Crippen LogP) is 4.78. The molecule has 0 unspecified atom stereocenters. The number of halogens is 2. The third kappa shape index (κ3) is 2.93. The van der Waals surface area contributed by atoms with Gasteiger partial charge in [0.2, 0.25) is 0 Å². The van der Waals surface area contributed by atoms with Crippen molar-refractivity contribution in [2.45, 2.75) is 33.7 Å². The molecule has 0 saturated carbocycles. The molecular formula is C13H16Cl2N2. The fraction of sp³-hybridized carbons (Fsp3) is 0.462. The molecule has 0 aliphatic heterocycles. The van der Waals surface area contributed by atoms with Crippen molar-refractivity contribution >= 4 is 34.1 Å². The maximum Gasteiger partial charge on any atom is 0.140 e.